The lowest BCUT2D eigenvalue weighted by Crippen LogP contribution is -2.26. The van der Waals surface area contributed by atoms with Crippen molar-refractivity contribution in [1.29, 1.82) is 0 Å². The molecule has 28 heavy (non-hydrogen) atoms. The van der Waals surface area contributed by atoms with Crippen LogP contribution in [0.25, 0.3) is 6.08 Å². The summed E-state index contributed by atoms with van der Waals surface area (Å²) in [6.45, 7) is 0.781. The summed E-state index contributed by atoms with van der Waals surface area (Å²) in [6, 6.07) is 13.7. The zero-order valence-electron chi connectivity index (χ0n) is 15.2. The highest BCUT2D eigenvalue weighted by Gasteiger charge is 2.30. The van der Waals surface area contributed by atoms with E-state index in [1.165, 1.54) is 0 Å². The highest BCUT2D eigenvalue weighted by Crippen LogP contribution is 2.28. The van der Waals surface area contributed by atoms with Crippen LogP contribution >= 0.6 is 11.6 Å². The van der Waals surface area contributed by atoms with Gasteiger partial charge in [0.15, 0.2) is 0 Å². The molecule has 2 aliphatic heterocycles. The van der Waals surface area contributed by atoms with Crippen molar-refractivity contribution >= 4 is 35.4 Å². The molecule has 6 heteroatoms. The molecule has 2 aliphatic rings. The van der Waals surface area contributed by atoms with Crippen LogP contribution in [0.4, 0.5) is 0 Å². The number of carbonyl (C=O) groups is 2. The van der Waals surface area contributed by atoms with Crippen LogP contribution in [0.3, 0.4) is 0 Å². The molecule has 0 aromatic heterocycles. The number of halogens is 1. The number of amidine groups is 1. The molecule has 2 aromatic carbocycles. The number of fused-ring (bicyclic) bond motifs is 1. The molecule has 0 saturated carbocycles. The van der Waals surface area contributed by atoms with Crippen molar-refractivity contribution in [2.45, 2.75) is 25.7 Å². The standard InChI is InChI=1S/C22H19ClN2O3/c23-17-11-9-15(10-12-17)22(27)28-19-7-4-3-6-16(19)14-18-21(26)24-20-8-2-1-5-13-25(18)20/h3-4,6-7,9-12,14H,1-2,5,8,13H2/b18-14+. The van der Waals surface area contributed by atoms with Crippen molar-refractivity contribution in [3.63, 3.8) is 0 Å². The number of esters is 1. The zero-order chi connectivity index (χ0) is 19.5. The van der Waals surface area contributed by atoms with Crippen LogP contribution in [0.5, 0.6) is 5.75 Å². The Labute approximate surface area is 168 Å². The van der Waals surface area contributed by atoms with Crippen molar-refractivity contribution in [2.75, 3.05) is 6.54 Å². The van der Waals surface area contributed by atoms with Gasteiger partial charge >= 0.3 is 5.97 Å². The number of hydrogen-bond donors (Lipinski definition) is 0. The van der Waals surface area contributed by atoms with Crippen molar-refractivity contribution in [2.24, 2.45) is 4.99 Å². The van der Waals surface area contributed by atoms with Crippen LogP contribution in [0.1, 0.15) is 41.6 Å². The van der Waals surface area contributed by atoms with Gasteiger partial charge in [0.1, 0.15) is 17.3 Å². The summed E-state index contributed by atoms with van der Waals surface area (Å²) in [5, 5.41) is 0.551. The monoisotopic (exact) mass is 394 g/mol. The lowest BCUT2D eigenvalue weighted by molar-refractivity contribution is -0.114. The van der Waals surface area contributed by atoms with Gasteiger partial charge < -0.3 is 9.64 Å². The SMILES string of the molecule is O=C1N=C2CCCCCN2/C1=C/c1ccccc1OC(=O)c1ccc(Cl)cc1. The van der Waals surface area contributed by atoms with E-state index in [1.807, 2.05) is 17.0 Å². The average molecular weight is 395 g/mol. The number of rotatable bonds is 3. The van der Waals surface area contributed by atoms with Crippen molar-refractivity contribution in [1.82, 2.24) is 4.90 Å². The summed E-state index contributed by atoms with van der Waals surface area (Å²) in [5.41, 5.74) is 1.60. The quantitative estimate of drug-likeness (QED) is 0.429. The normalized spacial score (nSPS) is 17.9. The lowest BCUT2D eigenvalue weighted by Gasteiger charge is -2.18. The Morgan fingerprint density at radius 3 is 2.68 bits per heavy atom. The molecule has 2 heterocycles. The first-order valence-corrected chi connectivity index (χ1v) is 9.67. The summed E-state index contributed by atoms with van der Waals surface area (Å²) in [5.74, 6) is 0.512. The Morgan fingerprint density at radius 2 is 1.86 bits per heavy atom. The van der Waals surface area contributed by atoms with E-state index >= 15 is 0 Å². The number of ether oxygens (including phenoxy) is 1. The van der Waals surface area contributed by atoms with Crippen molar-refractivity contribution < 1.29 is 14.3 Å². The Balaban J connectivity index is 1.61. The van der Waals surface area contributed by atoms with Gasteiger partial charge in [0, 0.05) is 23.6 Å². The largest absolute Gasteiger partial charge is 0.422 e. The first-order chi connectivity index (χ1) is 13.6. The van der Waals surface area contributed by atoms with E-state index in [4.69, 9.17) is 16.3 Å². The molecule has 1 amide bonds. The van der Waals surface area contributed by atoms with Gasteiger partial charge in [-0.15, -0.1) is 0 Å². The molecule has 0 aliphatic carbocycles. The average Bonchev–Trinajstić information content (AvgIpc) is 2.84. The fraction of sp³-hybridized carbons (Fsp3) is 0.227. The van der Waals surface area contributed by atoms with Crippen LogP contribution in [0.15, 0.2) is 59.2 Å². The molecule has 1 saturated heterocycles. The first-order valence-electron chi connectivity index (χ1n) is 9.30. The van der Waals surface area contributed by atoms with Gasteiger partial charge in [0.25, 0.3) is 5.91 Å². The van der Waals surface area contributed by atoms with E-state index in [0.29, 0.717) is 27.6 Å². The van der Waals surface area contributed by atoms with E-state index in [1.54, 1.807) is 42.5 Å². The number of carbonyl (C=O) groups excluding carboxylic acids is 2. The molecule has 5 nitrogen and oxygen atoms in total. The van der Waals surface area contributed by atoms with Crippen molar-refractivity contribution in [3.05, 3.63) is 70.4 Å². The minimum atomic E-state index is -0.480. The minimum Gasteiger partial charge on any atom is -0.422 e. The molecule has 142 valence electrons. The molecule has 4 rings (SSSR count). The zero-order valence-corrected chi connectivity index (χ0v) is 16.0. The third kappa shape index (κ3) is 3.85. The summed E-state index contributed by atoms with van der Waals surface area (Å²) in [6.07, 6.45) is 5.78. The summed E-state index contributed by atoms with van der Waals surface area (Å²) < 4.78 is 5.58. The van der Waals surface area contributed by atoms with Crippen LogP contribution in [-0.2, 0) is 4.79 Å². The van der Waals surface area contributed by atoms with Crippen LogP contribution in [-0.4, -0.2) is 29.2 Å². The maximum absolute atomic E-state index is 12.5. The van der Waals surface area contributed by atoms with Crippen LogP contribution in [0.2, 0.25) is 5.02 Å². The van der Waals surface area contributed by atoms with E-state index in [2.05, 4.69) is 4.99 Å². The van der Waals surface area contributed by atoms with Gasteiger partial charge in [-0.2, -0.15) is 4.99 Å². The summed E-state index contributed by atoms with van der Waals surface area (Å²) >= 11 is 5.87. The van der Waals surface area contributed by atoms with E-state index in [9.17, 15) is 9.59 Å². The highest BCUT2D eigenvalue weighted by molar-refractivity contribution is 6.30. The Morgan fingerprint density at radius 1 is 1.07 bits per heavy atom. The number of para-hydroxylation sites is 1. The minimum absolute atomic E-state index is 0.240. The number of amides is 1. The van der Waals surface area contributed by atoms with Gasteiger partial charge in [-0.25, -0.2) is 4.79 Å². The molecule has 1 fully saturated rings. The third-order valence-corrected chi connectivity index (χ3v) is 5.08. The first kappa shape index (κ1) is 18.4. The topological polar surface area (TPSA) is 59.0 Å². The molecular formula is C22H19ClN2O3. The molecular weight excluding hydrogens is 376 g/mol. The maximum atomic E-state index is 12.5. The molecule has 0 bridgehead atoms. The van der Waals surface area contributed by atoms with Crippen LogP contribution in [0, 0.1) is 0 Å². The fourth-order valence-corrected chi connectivity index (χ4v) is 3.51. The van der Waals surface area contributed by atoms with Crippen LogP contribution < -0.4 is 4.74 Å². The highest BCUT2D eigenvalue weighted by atomic mass is 35.5. The van der Waals surface area contributed by atoms with E-state index in [0.717, 1.165) is 38.1 Å². The summed E-state index contributed by atoms with van der Waals surface area (Å²) in [7, 11) is 0. The molecule has 0 radical (unpaired) electrons. The molecule has 0 unspecified atom stereocenters. The predicted molar refractivity (Wildman–Crippen MR) is 108 cm³/mol. The van der Waals surface area contributed by atoms with Gasteiger partial charge in [-0.3, -0.25) is 4.79 Å². The lowest BCUT2D eigenvalue weighted by atomic mass is 10.1. The fourth-order valence-electron chi connectivity index (χ4n) is 3.38. The van der Waals surface area contributed by atoms with E-state index in [-0.39, 0.29) is 5.91 Å². The third-order valence-electron chi connectivity index (χ3n) is 4.83. The molecule has 2 aromatic rings. The number of benzene rings is 2. The number of aliphatic imine (C=N–C) groups is 1. The second-order valence-electron chi connectivity index (χ2n) is 6.76. The Bertz CT molecular complexity index is 980. The molecule has 0 atom stereocenters. The maximum Gasteiger partial charge on any atom is 0.343 e. The molecule has 0 spiro atoms. The van der Waals surface area contributed by atoms with Gasteiger partial charge in [0.2, 0.25) is 0 Å². The Kier molecular flexibility index (Phi) is 5.26. The number of hydrogen-bond acceptors (Lipinski definition) is 4. The summed E-state index contributed by atoms with van der Waals surface area (Å²) in [4.78, 5) is 31.1. The van der Waals surface area contributed by atoms with Gasteiger partial charge in [0.05, 0.1) is 5.56 Å². The second kappa shape index (κ2) is 7.98. The van der Waals surface area contributed by atoms with Crippen molar-refractivity contribution in [3.8, 4) is 5.75 Å². The predicted octanol–water partition coefficient (Wildman–Crippen LogP) is 4.71. The number of nitrogens with zero attached hydrogens (tertiary/aromatic N) is 2. The van der Waals surface area contributed by atoms with Gasteiger partial charge in [-0.1, -0.05) is 36.2 Å². The smallest absolute Gasteiger partial charge is 0.343 e. The van der Waals surface area contributed by atoms with E-state index < -0.39 is 5.97 Å². The second-order valence-corrected chi connectivity index (χ2v) is 7.20. The molecule has 0 N–H and O–H groups in total. The van der Waals surface area contributed by atoms with Gasteiger partial charge in [-0.05, 0) is 49.2 Å². The Hall–Kier alpha value is -2.92.